The van der Waals surface area contributed by atoms with E-state index in [1.165, 1.54) is 0 Å². The Kier molecular flexibility index (Phi) is 6.36. The summed E-state index contributed by atoms with van der Waals surface area (Å²) < 4.78 is 0. The van der Waals surface area contributed by atoms with E-state index >= 15 is 0 Å². The number of carbonyl (C=O) groups excluding carboxylic acids is 1. The third-order valence-electron chi connectivity index (χ3n) is 4.76. The maximum Gasteiger partial charge on any atom is 0.317 e. The number of hydrogen-bond donors (Lipinski definition) is 3. The summed E-state index contributed by atoms with van der Waals surface area (Å²) in [5.41, 5.74) is 0.688. The van der Waals surface area contributed by atoms with Crippen molar-refractivity contribution in [2.24, 2.45) is 0 Å². The molecule has 0 spiro atoms. The minimum absolute atomic E-state index is 0.0539. The van der Waals surface area contributed by atoms with Crippen LogP contribution in [0.4, 0.5) is 4.79 Å². The average molecular weight is 348 g/mol. The van der Waals surface area contributed by atoms with Crippen LogP contribution in [0.2, 0.25) is 0 Å². The highest BCUT2D eigenvalue weighted by molar-refractivity contribution is 5.74. The maximum absolute atomic E-state index is 12.1. The normalized spacial score (nSPS) is 20.0. The van der Waals surface area contributed by atoms with Gasteiger partial charge in [0.15, 0.2) is 0 Å². The van der Waals surface area contributed by atoms with Crippen molar-refractivity contribution in [2.75, 3.05) is 19.6 Å². The topological polar surface area (TPSA) is 94.6 Å². The van der Waals surface area contributed by atoms with Crippen molar-refractivity contribution < 1.29 is 14.7 Å². The van der Waals surface area contributed by atoms with Crippen LogP contribution < -0.4 is 10.6 Å². The van der Waals surface area contributed by atoms with Crippen molar-refractivity contribution in [1.82, 2.24) is 20.5 Å². The molecule has 1 aromatic rings. The van der Waals surface area contributed by atoms with Crippen LogP contribution >= 0.6 is 0 Å². The number of urea groups is 1. The van der Waals surface area contributed by atoms with Crippen molar-refractivity contribution in [1.29, 1.82) is 0 Å². The van der Waals surface area contributed by atoms with E-state index < -0.39 is 5.97 Å². The molecule has 0 radical (unpaired) electrons. The van der Waals surface area contributed by atoms with Gasteiger partial charge < -0.3 is 15.7 Å². The van der Waals surface area contributed by atoms with Crippen molar-refractivity contribution in [2.45, 2.75) is 51.1 Å². The van der Waals surface area contributed by atoms with E-state index in [0.29, 0.717) is 13.1 Å². The Hall–Kier alpha value is -2.15. The summed E-state index contributed by atoms with van der Waals surface area (Å²) in [7, 11) is 0. The fourth-order valence-electron chi connectivity index (χ4n) is 3.07. The number of aliphatic carboxylic acids is 1. The molecule has 7 nitrogen and oxygen atoms in total. The monoisotopic (exact) mass is 348 g/mol. The van der Waals surface area contributed by atoms with E-state index in [9.17, 15) is 9.59 Å². The fourth-order valence-corrected chi connectivity index (χ4v) is 3.07. The number of nitrogens with one attached hydrogen (secondary N) is 2. The van der Waals surface area contributed by atoms with Crippen LogP contribution in [-0.2, 0) is 10.2 Å². The predicted octanol–water partition coefficient (Wildman–Crippen LogP) is 1.60. The second kappa shape index (κ2) is 8.29. The van der Waals surface area contributed by atoms with Gasteiger partial charge in [0.2, 0.25) is 0 Å². The molecule has 3 N–H and O–H groups in total. The van der Waals surface area contributed by atoms with Crippen LogP contribution in [0.3, 0.4) is 0 Å². The summed E-state index contributed by atoms with van der Waals surface area (Å²) in [6.45, 7) is 7.29. The van der Waals surface area contributed by atoms with Crippen LogP contribution in [0.5, 0.6) is 0 Å². The molecule has 0 aromatic carbocycles. The maximum atomic E-state index is 12.1. The van der Waals surface area contributed by atoms with Crippen molar-refractivity contribution in [3.05, 3.63) is 30.1 Å². The molecule has 1 aliphatic carbocycles. The number of rotatable bonds is 8. The van der Waals surface area contributed by atoms with Crippen LogP contribution in [0.1, 0.15) is 39.3 Å². The molecule has 2 amide bonds. The minimum atomic E-state index is -0.812. The zero-order valence-electron chi connectivity index (χ0n) is 15.2. The molecule has 1 fully saturated rings. The summed E-state index contributed by atoms with van der Waals surface area (Å²) in [6.07, 6.45) is 3.33. The number of hydrogen-bond acceptors (Lipinski definition) is 4. The van der Waals surface area contributed by atoms with Gasteiger partial charge in [-0.3, -0.25) is 14.7 Å². The predicted molar refractivity (Wildman–Crippen MR) is 95.5 cm³/mol. The zero-order valence-corrected chi connectivity index (χ0v) is 15.2. The van der Waals surface area contributed by atoms with Crippen molar-refractivity contribution in [3.63, 3.8) is 0 Å². The van der Waals surface area contributed by atoms with Crippen LogP contribution in [-0.4, -0.2) is 58.7 Å². The molecule has 0 saturated heterocycles. The van der Waals surface area contributed by atoms with E-state index in [4.69, 9.17) is 5.11 Å². The second-order valence-corrected chi connectivity index (χ2v) is 7.20. The fraction of sp³-hybridized carbons (Fsp3) is 0.611. The van der Waals surface area contributed by atoms with Crippen molar-refractivity contribution >= 4 is 12.0 Å². The molecule has 2 rings (SSSR count). The lowest BCUT2D eigenvalue weighted by Gasteiger charge is -2.42. The van der Waals surface area contributed by atoms with Crippen molar-refractivity contribution in [3.8, 4) is 0 Å². The highest BCUT2D eigenvalue weighted by Crippen LogP contribution is 2.25. The molecule has 0 bridgehead atoms. The smallest absolute Gasteiger partial charge is 0.317 e. The third kappa shape index (κ3) is 5.42. The number of carbonyl (C=O) groups is 2. The first-order valence-electron chi connectivity index (χ1n) is 8.73. The first kappa shape index (κ1) is 19.2. The first-order valence-corrected chi connectivity index (χ1v) is 8.73. The first-order chi connectivity index (χ1) is 11.8. The zero-order chi connectivity index (χ0) is 18.4. The van der Waals surface area contributed by atoms with Gasteiger partial charge in [-0.25, -0.2) is 4.79 Å². The SMILES string of the molecule is CCN(CC(=O)O)C1CC(NC(=O)NCC(C)(C)c2ccccn2)C1. The molecule has 138 valence electrons. The van der Waals surface area contributed by atoms with Gasteiger partial charge in [-0.05, 0) is 31.5 Å². The lowest BCUT2D eigenvalue weighted by molar-refractivity contribution is -0.139. The Morgan fingerprint density at radius 3 is 2.64 bits per heavy atom. The van der Waals surface area contributed by atoms with Gasteiger partial charge in [0.05, 0.1) is 6.54 Å². The van der Waals surface area contributed by atoms with E-state index in [0.717, 1.165) is 18.5 Å². The van der Waals surface area contributed by atoms with Gasteiger partial charge in [0.1, 0.15) is 0 Å². The van der Waals surface area contributed by atoms with Gasteiger partial charge in [0, 0.05) is 35.9 Å². The van der Waals surface area contributed by atoms with Crippen LogP contribution in [0.15, 0.2) is 24.4 Å². The number of likely N-dealkylation sites (N-methyl/N-ethyl adjacent to an activating group) is 1. The molecule has 7 heteroatoms. The number of carboxylic acid groups (broad SMARTS) is 1. The Balaban J connectivity index is 1.73. The summed E-state index contributed by atoms with van der Waals surface area (Å²) in [6, 6.07) is 5.92. The van der Waals surface area contributed by atoms with Gasteiger partial charge in [-0.15, -0.1) is 0 Å². The molecule has 25 heavy (non-hydrogen) atoms. The Morgan fingerprint density at radius 1 is 1.36 bits per heavy atom. The van der Waals surface area contributed by atoms with E-state index in [1.807, 2.05) is 43.9 Å². The summed E-state index contributed by atoms with van der Waals surface area (Å²) in [4.78, 5) is 29.2. The van der Waals surface area contributed by atoms with Gasteiger partial charge in [0.25, 0.3) is 0 Å². The lowest BCUT2D eigenvalue weighted by atomic mass is 9.85. The standard InChI is InChI=1S/C18H28N4O3/c1-4-22(11-16(23)24)14-9-13(10-14)21-17(25)20-12-18(2,3)15-7-5-6-8-19-15/h5-8,13-14H,4,9-12H2,1-3H3,(H,23,24)(H2,20,21,25). The van der Waals surface area contributed by atoms with Crippen LogP contribution in [0.25, 0.3) is 0 Å². The summed E-state index contributed by atoms with van der Waals surface area (Å²) in [5.74, 6) is -0.812. The average Bonchev–Trinajstić information content (AvgIpc) is 2.55. The highest BCUT2D eigenvalue weighted by Gasteiger charge is 2.34. The number of nitrogens with zero attached hydrogens (tertiary/aromatic N) is 2. The minimum Gasteiger partial charge on any atom is -0.480 e. The largest absolute Gasteiger partial charge is 0.480 e. The molecular formula is C18H28N4O3. The lowest BCUT2D eigenvalue weighted by Crippen LogP contribution is -2.56. The molecule has 0 unspecified atom stereocenters. The summed E-state index contributed by atoms with van der Waals surface area (Å²) >= 11 is 0. The van der Waals surface area contributed by atoms with E-state index in [-0.39, 0.29) is 30.1 Å². The van der Waals surface area contributed by atoms with E-state index in [1.54, 1.807) is 6.20 Å². The highest BCUT2D eigenvalue weighted by atomic mass is 16.4. The van der Waals surface area contributed by atoms with Gasteiger partial charge >= 0.3 is 12.0 Å². The Bertz CT molecular complexity index is 585. The molecule has 1 heterocycles. The number of pyridine rings is 1. The molecule has 1 aliphatic rings. The second-order valence-electron chi connectivity index (χ2n) is 7.20. The molecule has 1 aromatic heterocycles. The number of aromatic nitrogens is 1. The molecular weight excluding hydrogens is 320 g/mol. The quantitative estimate of drug-likeness (QED) is 0.663. The summed E-state index contributed by atoms with van der Waals surface area (Å²) in [5, 5.41) is 14.8. The Labute approximate surface area is 148 Å². The van der Waals surface area contributed by atoms with Gasteiger partial charge in [-0.2, -0.15) is 0 Å². The third-order valence-corrected chi connectivity index (χ3v) is 4.76. The number of amides is 2. The van der Waals surface area contributed by atoms with Crippen LogP contribution in [0, 0.1) is 0 Å². The molecule has 0 atom stereocenters. The molecule has 1 saturated carbocycles. The number of carboxylic acids is 1. The van der Waals surface area contributed by atoms with E-state index in [2.05, 4.69) is 15.6 Å². The Morgan fingerprint density at radius 2 is 2.08 bits per heavy atom. The van der Waals surface area contributed by atoms with Gasteiger partial charge in [-0.1, -0.05) is 26.8 Å². The molecule has 0 aliphatic heterocycles.